The number of likely N-dealkylation sites (tertiary alicyclic amines) is 1. The minimum Gasteiger partial charge on any atom is -0.453 e. The number of carbonyl (C=O) groups excluding carboxylic acids is 1. The van der Waals surface area contributed by atoms with Gasteiger partial charge < -0.3 is 20.5 Å². The first-order chi connectivity index (χ1) is 5.61. The van der Waals surface area contributed by atoms with Gasteiger partial charge in [-0.2, -0.15) is 0 Å². The number of carbonyl (C=O) groups is 1. The third-order valence-corrected chi connectivity index (χ3v) is 2.15. The zero-order valence-corrected chi connectivity index (χ0v) is 7.12. The van der Waals surface area contributed by atoms with Crippen LogP contribution in [0.4, 0.5) is 4.79 Å². The Hall–Kier alpha value is -0.810. The third-order valence-electron chi connectivity index (χ3n) is 2.15. The Labute approximate surface area is 71.1 Å². The number of aliphatic hydroxyl groups is 1. The summed E-state index contributed by atoms with van der Waals surface area (Å²) in [4.78, 5) is 12.4. The Morgan fingerprint density at radius 3 is 2.92 bits per heavy atom. The van der Waals surface area contributed by atoms with Crippen LogP contribution in [0.1, 0.15) is 6.42 Å². The van der Waals surface area contributed by atoms with Gasteiger partial charge in [0.15, 0.2) is 0 Å². The second-order valence-corrected chi connectivity index (χ2v) is 3.07. The van der Waals surface area contributed by atoms with Gasteiger partial charge in [0.05, 0.1) is 19.3 Å². The van der Waals surface area contributed by atoms with Gasteiger partial charge in [0.25, 0.3) is 0 Å². The van der Waals surface area contributed by atoms with Gasteiger partial charge in [0, 0.05) is 13.1 Å². The van der Waals surface area contributed by atoms with Gasteiger partial charge in [-0.15, -0.1) is 0 Å². The molecule has 1 fully saturated rings. The van der Waals surface area contributed by atoms with E-state index in [1.165, 1.54) is 12.0 Å². The number of ether oxygens (including phenoxy) is 1. The molecule has 3 N–H and O–H groups in total. The first-order valence-corrected chi connectivity index (χ1v) is 3.87. The summed E-state index contributed by atoms with van der Waals surface area (Å²) in [6, 6.07) is 0. The highest BCUT2D eigenvalue weighted by molar-refractivity contribution is 5.67. The van der Waals surface area contributed by atoms with E-state index in [0.717, 1.165) is 0 Å². The van der Waals surface area contributed by atoms with E-state index in [-0.39, 0.29) is 13.1 Å². The molecular weight excluding hydrogens is 160 g/mol. The number of hydrogen-bond acceptors (Lipinski definition) is 4. The third kappa shape index (κ3) is 1.67. The van der Waals surface area contributed by atoms with Crippen molar-refractivity contribution in [1.82, 2.24) is 4.90 Å². The predicted octanol–water partition coefficient (Wildman–Crippen LogP) is -0.852. The smallest absolute Gasteiger partial charge is 0.409 e. The van der Waals surface area contributed by atoms with E-state index in [1.807, 2.05) is 0 Å². The summed E-state index contributed by atoms with van der Waals surface area (Å²) in [6.07, 6.45) is 0.123. The molecule has 0 saturated carbocycles. The Bertz CT molecular complexity index is 185. The highest BCUT2D eigenvalue weighted by Crippen LogP contribution is 2.20. The number of hydrogen-bond donors (Lipinski definition) is 2. The van der Waals surface area contributed by atoms with Gasteiger partial charge in [0.2, 0.25) is 0 Å². The molecule has 1 heterocycles. The predicted molar refractivity (Wildman–Crippen MR) is 42.6 cm³/mol. The van der Waals surface area contributed by atoms with E-state index in [2.05, 4.69) is 4.74 Å². The van der Waals surface area contributed by atoms with Crippen LogP contribution < -0.4 is 5.73 Å². The Kier molecular flexibility index (Phi) is 2.54. The molecule has 1 atom stereocenters. The van der Waals surface area contributed by atoms with Crippen LogP contribution in [0.2, 0.25) is 0 Å². The zero-order valence-electron chi connectivity index (χ0n) is 7.12. The van der Waals surface area contributed by atoms with Crippen molar-refractivity contribution < 1.29 is 14.6 Å². The topological polar surface area (TPSA) is 75.8 Å². The number of nitrogens with two attached hydrogens (primary N) is 1. The number of rotatable bonds is 1. The first-order valence-electron chi connectivity index (χ1n) is 3.87. The summed E-state index contributed by atoms with van der Waals surface area (Å²) in [5.74, 6) is 0. The van der Waals surface area contributed by atoms with E-state index < -0.39 is 11.7 Å². The van der Waals surface area contributed by atoms with Crippen LogP contribution in [0, 0.1) is 0 Å². The van der Waals surface area contributed by atoms with Gasteiger partial charge in [0.1, 0.15) is 0 Å². The van der Waals surface area contributed by atoms with E-state index in [9.17, 15) is 9.90 Å². The number of nitrogens with zero attached hydrogens (tertiary/aromatic N) is 1. The molecule has 5 heteroatoms. The van der Waals surface area contributed by atoms with Gasteiger partial charge in [-0.05, 0) is 6.42 Å². The van der Waals surface area contributed by atoms with Crippen molar-refractivity contribution in [2.45, 2.75) is 12.0 Å². The second kappa shape index (κ2) is 3.28. The lowest BCUT2D eigenvalue weighted by Gasteiger charge is -2.20. The Morgan fingerprint density at radius 2 is 2.50 bits per heavy atom. The number of amides is 1. The lowest BCUT2D eigenvalue weighted by molar-refractivity contribution is 0.0552. The molecule has 5 nitrogen and oxygen atoms in total. The standard InChI is InChI=1S/C7H14N2O3/c1-12-6(10)9-3-2-7(11,4-8)5-9/h11H,2-5,8H2,1H3. The van der Waals surface area contributed by atoms with Gasteiger partial charge in [-0.3, -0.25) is 0 Å². The van der Waals surface area contributed by atoms with Crippen LogP contribution in [0.3, 0.4) is 0 Å². The fourth-order valence-electron chi connectivity index (χ4n) is 1.31. The maximum Gasteiger partial charge on any atom is 0.409 e. The van der Waals surface area contributed by atoms with Crippen molar-refractivity contribution in [3.8, 4) is 0 Å². The maximum absolute atomic E-state index is 11.0. The molecule has 0 bridgehead atoms. The minimum absolute atomic E-state index is 0.181. The highest BCUT2D eigenvalue weighted by Gasteiger charge is 2.37. The van der Waals surface area contributed by atoms with Crippen molar-refractivity contribution in [2.24, 2.45) is 5.73 Å². The second-order valence-electron chi connectivity index (χ2n) is 3.07. The molecule has 1 rings (SSSR count). The van der Waals surface area contributed by atoms with E-state index in [1.54, 1.807) is 0 Å². The quantitative estimate of drug-likeness (QED) is 0.543. The summed E-state index contributed by atoms with van der Waals surface area (Å²) >= 11 is 0. The van der Waals surface area contributed by atoms with Crippen molar-refractivity contribution in [1.29, 1.82) is 0 Å². The number of β-amino-alcohol motifs (C(OH)–C–C–N with tert-alkyl or cyclic N) is 1. The van der Waals surface area contributed by atoms with Crippen LogP contribution in [-0.2, 0) is 4.74 Å². The summed E-state index contributed by atoms with van der Waals surface area (Å²) < 4.78 is 4.51. The van der Waals surface area contributed by atoms with Crippen LogP contribution >= 0.6 is 0 Å². The molecule has 1 unspecified atom stereocenters. The fraction of sp³-hybridized carbons (Fsp3) is 0.857. The zero-order chi connectivity index (χ0) is 9.19. The summed E-state index contributed by atoms with van der Waals surface area (Å²) in [5.41, 5.74) is 4.43. The lowest BCUT2D eigenvalue weighted by atomic mass is 10.0. The molecule has 0 aromatic carbocycles. The van der Waals surface area contributed by atoms with Crippen LogP contribution in [0.5, 0.6) is 0 Å². The Balaban J connectivity index is 2.50. The fourth-order valence-corrected chi connectivity index (χ4v) is 1.31. The maximum atomic E-state index is 11.0. The van der Waals surface area contributed by atoms with Gasteiger partial charge in [-0.25, -0.2) is 4.79 Å². The van der Waals surface area contributed by atoms with Crippen molar-refractivity contribution in [3.63, 3.8) is 0 Å². The SMILES string of the molecule is COC(=O)N1CCC(O)(CN)C1. The lowest BCUT2D eigenvalue weighted by Crippen LogP contribution is -2.41. The van der Waals surface area contributed by atoms with Crippen molar-refractivity contribution >= 4 is 6.09 Å². The molecule has 0 aromatic heterocycles. The molecule has 1 amide bonds. The average Bonchev–Trinajstić information content (AvgIpc) is 2.48. The van der Waals surface area contributed by atoms with Crippen LogP contribution in [0.15, 0.2) is 0 Å². The van der Waals surface area contributed by atoms with Crippen LogP contribution in [0.25, 0.3) is 0 Å². The summed E-state index contributed by atoms with van der Waals surface area (Å²) in [7, 11) is 1.32. The van der Waals surface area contributed by atoms with E-state index >= 15 is 0 Å². The van der Waals surface area contributed by atoms with Crippen LogP contribution in [-0.4, -0.2) is 48.4 Å². The molecule has 1 aliphatic heterocycles. The van der Waals surface area contributed by atoms with Crippen molar-refractivity contribution in [2.75, 3.05) is 26.7 Å². The minimum atomic E-state index is -0.909. The molecule has 1 saturated heterocycles. The molecule has 0 aromatic rings. The summed E-state index contributed by atoms with van der Waals surface area (Å²) in [5, 5.41) is 9.64. The molecular formula is C7H14N2O3. The first kappa shape index (κ1) is 9.28. The highest BCUT2D eigenvalue weighted by atomic mass is 16.5. The summed E-state index contributed by atoms with van der Waals surface area (Å²) in [6.45, 7) is 0.969. The average molecular weight is 174 g/mol. The molecule has 0 radical (unpaired) electrons. The molecule has 0 spiro atoms. The van der Waals surface area contributed by atoms with Gasteiger partial charge in [-0.1, -0.05) is 0 Å². The van der Waals surface area contributed by atoms with E-state index in [0.29, 0.717) is 13.0 Å². The monoisotopic (exact) mass is 174 g/mol. The van der Waals surface area contributed by atoms with Crippen molar-refractivity contribution in [3.05, 3.63) is 0 Å². The molecule has 1 aliphatic rings. The number of methoxy groups -OCH3 is 1. The molecule has 70 valence electrons. The normalized spacial score (nSPS) is 29.1. The Morgan fingerprint density at radius 1 is 1.83 bits per heavy atom. The molecule has 12 heavy (non-hydrogen) atoms. The van der Waals surface area contributed by atoms with Gasteiger partial charge >= 0.3 is 6.09 Å². The van der Waals surface area contributed by atoms with E-state index in [4.69, 9.17) is 5.73 Å². The largest absolute Gasteiger partial charge is 0.453 e. The molecule has 0 aliphatic carbocycles.